The van der Waals surface area contributed by atoms with Gasteiger partial charge in [-0.3, -0.25) is 0 Å². The minimum Gasteiger partial charge on any atom is -0.445 e. The lowest BCUT2D eigenvalue weighted by Gasteiger charge is -2.00. The fourth-order valence-corrected chi connectivity index (χ4v) is 1.17. The highest BCUT2D eigenvalue weighted by Gasteiger charge is 2.00. The number of furan rings is 1. The smallest absolute Gasteiger partial charge is 0.245 e. The standard InChI is InChI=1S/C9H11N3O2/c13-3-2-10-5-7-6-11-9-8(12-7)1-4-14-9/h1,4,6,10,13H,2-3,5H2. The molecule has 0 atom stereocenters. The Morgan fingerprint density at radius 2 is 2.43 bits per heavy atom. The maximum absolute atomic E-state index is 8.57. The third-order valence-electron chi connectivity index (χ3n) is 1.81. The topological polar surface area (TPSA) is 71.2 Å². The molecule has 0 aliphatic rings. The molecular weight excluding hydrogens is 182 g/mol. The highest BCUT2D eigenvalue weighted by atomic mass is 16.3. The Morgan fingerprint density at radius 1 is 1.50 bits per heavy atom. The molecule has 0 radical (unpaired) electrons. The van der Waals surface area contributed by atoms with Crippen molar-refractivity contribution in [1.29, 1.82) is 0 Å². The molecule has 0 fully saturated rings. The Bertz CT molecular complexity index is 413. The fourth-order valence-electron chi connectivity index (χ4n) is 1.17. The third kappa shape index (κ3) is 1.89. The first-order chi connectivity index (χ1) is 6.90. The number of aromatic nitrogens is 2. The van der Waals surface area contributed by atoms with Gasteiger partial charge in [0.25, 0.3) is 0 Å². The van der Waals surface area contributed by atoms with E-state index in [0.717, 1.165) is 11.2 Å². The molecule has 14 heavy (non-hydrogen) atoms. The first kappa shape index (κ1) is 9.11. The summed E-state index contributed by atoms with van der Waals surface area (Å²) in [6.07, 6.45) is 3.23. The number of fused-ring (bicyclic) bond motifs is 1. The average Bonchev–Trinajstić information content (AvgIpc) is 2.65. The zero-order valence-electron chi connectivity index (χ0n) is 7.60. The van der Waals surface area contributed by atoms with E-state index in [1.165, 1.54) is 0 Å². The lowest BCUT2D eigenvalue weighted by atomic mass is 10.4. The van der Waals surface area contributed by atoms with Crippen LogP contribution in [0.3, 0.4) is 0 Å². The number of hydrogen-bond acceptors (Lipinski definition) is 5. The molecule has 5 nitrogen and oxygen atoms in total. The van der Waals surface area contributed by atoms with Crippen LogP contribution in [0.1, 0.15) is 5.69 Å². The van der Waals surface area contributed by atoms with Gasteiger partial charge in [0, 0.05) is 19.2 Å². The predicted molar refractivity (Wildman–Crippen MR) is 50.6 cm³/mol. The molecule has 0 amide bonds. The molecule has 0 aliphatic carbocycles. The van der Waals surface area contributed by atoms with E-state index in [2.05, 4.69) is 15.3 Å². The van der Waals surface area contributed by atoms with Crippen molar-refractivity contribution in [3.8, 4) is 0 Å². The van der Waals surface area contributed by atoms with Gasteiger partial charge in [-0.25, -0.2) is 9.97 Å². The SMILES string of the molecule is OCCNCc1cnc2occc2n1. The van der Waals surface area contributed by atoms with Crippen LogP contribution < -0.4 is 5.32 Å². The van der Waals surface area contributed by atoms with Gasteiger partial charge in [0.05, 0.1) is 24.8 Å². The highest BCUT2D eigenvalue weighted by Crippen LogP contribution is 2.09. The van der Waals surface area contributed by atoms with E-state index in [1.807, 2.05) is 0 Å². The number of hydrogen-bond donors (Lipinski definition) is 2. The van der Waals surface area contributed by atoms with Crippen LogP contribution in [0.25, 0.3) is 11.2 Å². The summed E-state index contributed by atoms with van der Waals surface area (Å²) in [5, 5.41) is 11.6. The van der Waals surface area contributed by atoms with Crippen molar-refractivity contribution in [3.63, 3.8) is 0 Å². The van der Waals surface area contributed by atoms with E-state index >= 15 is 0 Å². The lowest BCUT2D eigenvalue weighted by molar-refractivity contribution is 0.291. The monoisotopic (exact) mass is 193 g/mol. The molecule has 0 spiro atoms. The van der Waals surface area contributed by atoms with Gasteiger partial charge < -0.3 is 14.8 Å². The largest absolute Gasteiger partial charge is 0.445 e. The first-order valence-corrected chi connectivity index (χ1v) is 4.41. The molecule has 2 heterocycles. The summed E-state index contributed by atoms with van der Waals surface area (Å²) < 4.78 is 5.06. The van der Waals surface area contributed by atoms with Gasteiger partial charge >= 0.3 is 0 Å². The van der Waals surface area contributed by atoms with E-state index in [0.29, 0.717) is 18.8 Å². The van der Waals surface area contributed by atoms with Crippen LogP contribution >= 0.6 is 0 Å². The molecular formula is C9H11N3O2. The molecule has 0 aromatic carbocycles. The Labute approximate surface area is 80.8 Å². The van der Waals surface area contributed by atoms with E-state index in [9.17, 15) is 0 Å². The third-order valence-corrected chi connectivity index (χ3v) is 1.81. The molecule has 0 bridgehead atoms. The summed E-state index contributed by atoms with van der Waals surface area (Å²) in [4.78, 5) is 8.39. The van der Waals surface area contributed by atoms with Gasteiger partial charge in [-0.2, -0.15) is 0 Å². The van der Waals surface area contributed by atoms with E-state index in [-0.39, 0.29) is 6.61 Å². The second-order valence-corrected chi connectivity index (χ2v) is 2.87. The molecule has 74 valence electrons. The van der Waals surface area contributed by atoms with Crippen molar-refractivity contribution < 1.29 is 9.52 Å². The van der Waals surface area contributed by atoms with Crippen molar-refractivity contribution in [2.45, 2.75) is 6.54 Å². The van der Waals surface area contributed by atoms with Crippen LogP contribution in [0.4, 0.5) is 0 Å². The molecule has 0 unspecified atom stereocenters. The van der Waals surface area contributed by atoms with Crippen molar-refractivity contribution >= 4 is 11.2 Å². The van der Waals surface area contributed by atoms with E-state index in [4.69, 9.17) is 9.52 Å². The summed E-state index contributed by atoms with van der Waals surface area (Å²) in [7, 11) is 0. The maximum Gasteiger partial charge on any atom is 0.245 e. The summed E-state index contributed by atoms with van der Waals surface area (Å²) in [6, 6.07) is 1.78. The predicted octanol–water partition coefficient (Wildman–Crippen LogP) is 0.305. The summed E-state index contributed by atoms with van der Waals surface area (Å²) in [5.74, 6) is 0. The van der Waals surface area contributed by atoms with Crippen LogP contribution in [-0.2, 0) is 6.54 Å². The lowest BCUT2D eigenvalue weighted by Crippen LogP contribution is -2.18. The highest BCUT2D eigenvalue weighted by molar-refractivity contribution is 5.67. The molecule has 2 aromatic heterocycles. The average molecular weight is 193 g/mol. The van der Waals surface area contributed by atoms with Crippen LogP contribution in [0.2, 0.25) is 0 Å². The Morgan fingerprint density at radius 3 is 3.29 bits per heavy atom. The maximum atomic E-state index is 8.57. The van der Waals surface area contributed by atoms with E-state index in [1.54, 1.807) is 18.5 Å². The fraction of sp³-hybridized carbons (Fsp3) is 0.333. The number of nitrogens with zero attached hydrogens (tertiary/aromatic N) is 2. The van der Waals surface area contributed by atoms with E-state index < -0.39 is 0 Å². The van der Waals surface area contributed by atoms with Crippen molar-refractivity contribution in [2.75, 3.05) is 13.2 Å². The number of nitrogens with one attached hydrogen (secondary N) is 1. The second-order valence-electron chi connectivity index (χ2n) is 2.87. The zero-order valence-corrected chi connectivity index (χ0v) is 7.60. The van der Waals surface area contributed by atoms with Gasteiger partial charge in [0.2, 0.25) is 5.71 Å². The number of rotatable bonds is 4. The van der Waals surface area contributed by atoms with Crippen LogP contribution in [-0.4, -0.2) is 28.2 Å². The minimum atomic E-state index is 0.126. The summed E-state index contributed by atoms with van der Waals surface area (Å²) in [6.45, 7) is 1.29. The molecule has 2 N–H and O–H groups in total. The van der Waals surface area contributed by atoms with Crippen LogP contribution in [0, 0.1) is 0 Å². The van der Waals surface area contributed by atoms with Gasteiger partial charge in [0.15, 0.2) is 0 Å². The molecule has 0 saturated heterocycles. The summed E-state index contributed by atoms with van der Waals surface area (Å²) >= 11 is 0. The number of aliphatic hydroxyl groups is 1. The quantitative estimate of drug-likeness (QED) is 0.683. The molecule has 0 saturated carbocycles. The second kappa shape index (κ2) is 4.17. The molecule has 5 heteroatoms. The Hall–Kier alpha value is -1.46. The van der Waals surface area contributed by atoms with Gasteiger partial charge in [-0.1, -0.05) is 0 Å². The van der Waals surface area contributed by atoms with Gasteiger partial charge in [-0.15, -0.1) is 0 Å². The molecule has 0 aliphatic heterocycles. The normalized spacial score (nSPS) is 10.9. The minimum absolute atomic E-state index is 0.126. The van der Waals surface area contributed by atoms with Crippen LogP contribution in [0.5, 0.6) is 0 Å². The first-order valence-electron chi connectivity index (χ1n) is 4.41. The zero-order chi connectivity index (χ0) is 9.80. The Kier molecular flexibility index (Phi) is 2.71. The van der Waals surface area contributed by atoms with Crippen molar-refractivity contribution in [2.24, 2.45) is 0 Å². The summed E-state index contributed by atoms with van der Waals surface area (Å²) in [5.41, 5.74) is 2.15. The van der Waals surface area contributed by atoms with Gasteiger partial charge in [-0.05, 0) is 0 Å². The van der Waals surface area contributed by atoms with Crippen LogP contribution in [0.15, 0.2) is 22.9 Å². The number of aliphatic hydroxyl groups excluding tert-OH is 1. The van der Waals surface area contributed by atoms with Gasteiger partial charge in [0.1, 0.15) is 5.52 Å². The Balaban J connectivity index is 2.10. The van der Waals surface area contributed by atoms with Crippen molar-refractivity contribution in [1.82, 2.24) is 15.3 Å². The molecule has 2 rings (SSSR count). The molecule has 2 aromatic rings. The van der Waals surface area contributed by atoms with Crippen molar-refractivity contribution in [3.05, 3.63) is 24.2 Å².